The standard InChI is InChI=1S/C18H23FN2O2/c1-12-8-13(2)11-21(10-12)17(22)18(3)9-16(20-23-18)14-6-4-5-7-15(14)19/h4-7,12-13H,8-11H2,1-3H3/t12-,13+,18-/m1/s1. The first-order chi connectivity index (χ1) is 10.9. The predicted molar refractivity (Wildman–Crippen MR) is 86.6 cm³/mol. The SMILES string of the molecule is C[C@@H]1C[C@H](C)CN(C(=O)[C@@]2(C)CC(c3ccccc3F)=NO2)C1. The van der Waals surface area contributed by atoms with Gasteiger partial charge in [0.1, 0.15) is 5.82 Å². The van der Waals surface area contributed by atoms with E-state index in [4.69, 9.17) is 4.84 Å². The number of halogens is 1. The zero-order chi connectivity index (χ0) is 16.6. The van der Waals surface area contributed by atoms with Gasteiger partial charge in [-0.15, -0.1) is 0 Å². The normalized spacial score (nSPS) is 30.8. The van der Waals surface area contributed by atoms with Crippen molar-refractivity contribution in [2.45, 2.75) is 39.2 Å². The Labute approximate surface area is 136 Å². The van der Waals surface area contributed by atoms with Crippen molar-refractivity contribution in [3.63, 3.8) is 0 Å². The molecule has 0 saturated carbocycles. The molecule has 0 radical (unpaired) electrons. The summed E-state index contributed by atoms with van der Waals surface area (Å²) >= 11 is 0. The van der Waals surface area contributed by atoms with E-state index in [9.17, 15) is 9.18 Å². The van der Waals surface area contributed by atoms with Crippen LogP contribution in [0, 0.1) is 17.7 Å². The average Bonchev–Trinajstić information content (AvgIpc) is 2.89. The van der Waals surface area contributed by atoms with Crippen molar-refractivity contribution in [2.24, 2.45) is 17.0 Å². The highest BCUT2D eigenvalue weighted by Crippen LogP contribution is 2.31. The van der Waals surface area contributed by atoms with E-state index in [-0.39, 0.29) is 11.7 Å². The number of rotatable bonds is 2. The summed E-state index contributed by atoms with van der Waals surface area (Å²) < 4.78 is 13.9. The quantitative estimate of drug-likeness (QED) is 0.840. The van der Waals surface area contributed by atoms with E-state index < -0.39 is 5.60 Å². The summed E-state index contributed by atoms with van der Waals surface area (Å²) in [5.41, 5.74) is -0.129. The number of likely N-dealkylation sites (tertiary alicyclic amines) is 1. The Morgan fingerprint density at radius 1 is 1.30 bits per heavy atom. The molecule has 0 spiro atoms. The number of oxime groups is 1. The molecule has 0 aromatic heterocycles. The molecule has 1 aromatic rings. The summed E-state index contributed by atoms with van der Waals surface area (Å²) in [7, 11) is 0. The molecule has 124 valence electrons. The largest absolute Gasteiger partial charge is 0.379 e. The van der Waals surface area contributed by atoms with Gasteiger partial charge in [-0.05, 0) is 31.2 Å². The van der Waals surface area contributed by atoms with E-state index >= 15 is 0 Å². The molecular weight excluding hydrogens is 295 g/mol. The van der Waals surface area contributed by atoms with E-state index in [1.165, 1.54) is 6.07 Å². The van der Waals surface area contributed by atoms with Gasteiger partial charge in [0.2, 0.25) is 5.60 Å². The third-order valence-corrected chi connectivity index (χ3v) is 4.66. The zero-order valence-electron chi connectivity index (χ0n) is 13.9. The summed E-state index contributed by atoms with van der Waals surface area (Å²) in [5.74, 6) is 0.581. The second-order valence-electron chi connectivity index (χ2n) is 7.17. The smallest absolute Gasteiger partial charge is 0.269 e. The van der Waals surface area contributed by atoms with Crippen molar-refractivity contribution < 1.29 is 14.0 Å². The molecule has 5 heteroatoms. The molecular formula is C18H23FN2O2. The molecule has 2 heterocycles. The molecule has 0 unspecified atom stereocenters. The lowest BCUT2D eigenvalue weighted by molar-refractivity contribution is -0.156. The topological polar surface area (TPSA) is 41.9 Å². The number of piperidine rings is 1. The molecule has 0 aliphatic carbocycles. The lowest BCUT2D eigenvalue weighted by Gasteiger charge is -2.38. The summed E-state index contributed by atoms with van der Waals surface area (Å²) in [6, 6.07) is 6.45. The summed E-state index contributed by atoms with van der Waals surface area (Å²) in [5, 5.41) is 4.00. The van der Waals surface area contributed by atoms with Crippen molar-refractivity contribution >= 4 is 11.6 Å². The molecule has 1 saturated heterocycles. The highest BCUT2D eigenvalue weighted by Gasteiger charge is 2.46. The second-order valence-corrected chi connectivity index (χ2v) is 7.17. The highest BCUT2D eigenvalue weighted by molar-refractivity contribution is 6.05. The van der Waals surface area contributed by atoms with E-state index in [0.29, 0.717) is 29.5 Å². The molecule has 0 bridgehead atoms. The van der Waals surface area contributed by atoms with Crippen LogP contribution in [-0.2, 0) is 9.63 Å². The lowest BCUT2D eigenvalue weighted by atomic mass is 9.89. The molecule has 0 N–H and O–H groups in total. The van der Waals surface area contributed by atoms with Crippen LogP contribution >= 0.6 is 0 Å². The Morgan fingerprint density at radius 3 is 2.61 bits per heavy atom. The lowest BCUT2D eigenvalue weighted by Crippen LogP contribution is -2.52. The number of nitrogens with zero attached hydrogens (tertiary/aromatic N) is 2. The van der Waals surface area contributed by atoms with Gasteiger partial charge in [0.15, 0.2) is 0 Å². The monoisotopic (exact) mass is 318 g/mol. The van der Waals surface area contributed by atoms with Gasteiger partial charge < -0.3 is 9.74 Å². The molecule has 1 aromatic carbocycles. The van der Waals surface area contributed by atoms with E-state index in [2.05, 4.69) is 19.0 Å². The number of amides is 1. The average molecular weight is 318 g/mol. The first-order valence-corrected chi connectivity index (χ1v) is 8.18. The van der Waals surface area contributed by atoms with Gasteiger partial charge in [0.25, 0.3) is 5.91 Å². The summed E-state index contributed by atoms with van der Waals surface area (Å²) in [6.45, 7) is 7.56. The zero-order valence-corrected chi connectivity index (χ0v) is 13.9. The van der Waals surface area contributed by atoms with Gasteiger partial charge in [-0.2, -0.15) is 0 Å². The fourth-order valence-corrected chi connectivity index (χ4v) is 3.66. The summed E-state index contributed by atoms with van der Waals surface area (Å²) in [6.07, 6.45) is 1.43. The van der Waals surface area contributed by atoms with Crippen LogP contribution in [0.1, 0.15) is 39.2 Å². The van der Waals surface area contributed by atoms with Crippen molar-refractivity contribution in [1.29, 1.82) is 0 Å². The summed E-state index contributed by atoms with van der Waals surface area (Å²) in [4.78, 5) is 20.3. The Morgan fingerprint density at radius 2 is 1.96 bits per heavy atom. The van der Waals surface area contributed by atoms with Crippen LogP contribution in [0.25, 0.3) is 0 Å². The molecule has 1 fully saturated rings. The van der Waals surface area contributed by atoms with Gasteiger partial charge in [-0.1, -0.05) is 37.2 Å². The third kappa shape index (κ3) is 3.09. The number of hydrogen-bond donors (Lipinski definition) is 0. The predicted octanol–water partition coefficient (Wildman–Crippen LogP) is 3.21. The Kier molecular flexibility index (Phi) is 4.13. The van der Waals surface area contributed by atoms with E-state index in [0.717, 1.165) is 19.5 Å². The van der Waals surface area contributed by atoms with Crippen LogP contribution in [0.2, 0.25) is 0 Å². The van der Waals surface area contributed by atoms with Crippen molar-refractivity contribution in [3.8, 4) is 0 Å². The second kappa shape index (κ2) is 5.95. The molecule has 4 nitrogen and oxygen atoms in total. The van der Waals surface area contributed by atoms with E-state index in [1.807, 2.05) is 4.90 Å². The maximum absolute atomic E-state index is 13.9. The molecule has 3 rings (SSSR count). The van der Waals surface area contributed by atoms with Crippen molar-refractivity contribution in [1.82, 2.24) is 4.90 Å². The first-order valence-electron chi connectivity index (χ1n) is 8.18. The molecule has 3 atom stereocenters. The van der Waals surface area contributed by atoms with Gasteiger partial charge >= 0.3 is 0 Å². The van der Waals surface area contributed by atoms with Crippen LogP contribution < -0.4 is 0 Å². The van der Waals surface area contributed by atoms with Gasteiger partial charge in [-0.25, -0.2) is 4.39 Å². The Hall–Kier alpha value is -1.91. The van der Waals surface area contributed by atoms with Gasteiger partial charge in [-0.3, -0.25) is 4.79 Å². The minimum Gasteiger partial charge on any atom is -0.379 e. The van der Waals surface area contributed by atoms with Crippen LogP contribution in [0.4, 0.5) is 4.39 Å². The van der Waals surface area contributed by atoms with E-state index in [1.54, 1.807) is 25.1 Å². The molecule has 2 aliphatic heterocycles. The number of benzene rings is 1. The maximum atomic E-state index is 13.9. The molecule has 23 heavy (non-hydrogen) atoms. The van der Waals surface area contributed by atoms with Crippen LogP contribution in [-0.4, -0.2) is 35.2 Å². The fraction of sp³-hybridized carbons (Fsp3) is 0.556. The minimum absolute atomic E-state index is 0.0500. The van der Waals surface area contributed by atoms with Crippen molar-refractivity contribution in [3.05, 3.63) is 35.6 Å². The first kappa shape index (κ1) is 16.0. The fourth-order valence-electron chi connectivity index (χ4n) is 3.66. The molecule has 1 amide bonds. The Balaban J connectivity index is 1.75. The minimum atomic E-state index is -1.03. The van der Waals surface area contributed by atoms with Gasteiger partial charge in [0.05, 0.1) is 5.71 Å². The van der Waals surface area contributed by atoms with Crippen molar-refractivity contribution in [2.75, 3.05) is 13.1 Å². The molecule has 2 aliphatic rings. The van der Waals surface area contributed by atoms with Gasteiger partial charge in [0, 0.05) is 25.1 Å². The highest BCUT2D eigenvalue weighted by atomic mass is 19.1. The number of hydrogen-bond acceptors (Lipinski definition) is 3. The van der Waals surface area contributed by atoms with Crippen LogP contribution in [0.3, 0.4) is 0 Å². The van der Waals surface area contributed by atoms with Crippen LogP contribution in [0.15, 0.2) is 29.4 Å². The van der Waals surface area contributed by atoms with Crippen LogP contribution in [0.5, 0.6) is 0 Å². The number of carbonyl (C=O) groups excluding carboxylic acids is 1. The third-order valence-electron chi connectivity index (χ3n) is 4.66. The Bertz CT molecular complexity index is 636. The number of carbonyl (C=O) groups is 1. The maximum Gasteiger partial charge on any atom is 0.269 e.